The van der Waals surface area contributed by atoms with Gasteiger partial charge >= 0.3 is 0 Å². The molecule has 0 aliphatic heterocycles. The van der Waals surface area contributed by atoms with E-state index in [1.165, 1.54) is 16.8 Å². The van der Waals surface area contributed by atoms with Crippen LogP contribution in [-0.2, 0) is 0 Å². The van der Waals surface area contributed by atoms with Crippen LogP contribution in [0.1, 0.15) is 26.7 Å². The molecule has 2 aromatic heterocycles. The van der Waals surface area contributed by atoms with Crippen molar-refractivity contribution in [3.63, 3.8) is 0 Å². The molecule has 3 N–H and O–H groups in total. The Balaban J connectivity index is 2.31. The van der Waals surface area contributed by atoms with E-state index in [2.05, 4.69) is 29.2 Å². The van der Waals surface area contributed by atoms with Crippen LogP contribution in [0.25, 0.3) is 5.65 Å². The molecule has 0 radical (unpaired) electrons. The Morgan fingerprint density at radius 2 is 2.11 bits per heavy atom. The molecule has 0 spiro atoms. The molecule has 0 bridgehead atoms. The summed E-state index contributed by atoms with van der Waals surface area (Å²) in [6.07, 6.45) is 3.06. The summed E-state index contributed by atoms with van der Waals surface area (Å²) < 4.78 is 14.5. The van der Waals surface area contributed by atoms with Gasteiger partial charge in [0.25, 0.3) is 0 Å². The first-order chi connectivity index (χ1) is 8.62. The highest BCUT2D eigenvalue weighted by molar-refractivity contribution is 5.44. The van der Waals surface area contributed by atoms with Crippen molar-refractivity contribution < 1.29 is 4.39 Å². The SMILES string of the molecule is CCC(CC)(CN)Nc1nc2ccc(F)cn2n1. The Hall–Kier alpha value is -1.69. The van der Waals surface area contributed by atoms with Crippen LogP contribution >= 0.6 is 0 Å². The maximum Gasteiger partial charge on any atom is 0.243 e. The molecule has 0 saturated carbocycles. The largest absolute Gasteiger partial charge is 0.346 e. The molecule has 2 aromatic rings. The lowest BCUT2D eigenvalue weighted by Crippen LogP contribution is -2.44. The standard InChI is InChI=1S/C12H18FN5/c1-3-12(4-2,8-14)16-11-15-10-6-5-9(13)7-18(10)17-11/h5-7H,3-4,8,14H2,1-2H3,(H,16,17). The Bertz CT molecular complexity index is 524. The van der Waals surface area contributed by atoms with Gasteiger partial charge in [0.1, 0.15) is 5.82 Å². The zero-order valence-electron chi connectivity index (χ0n) is 10.7. The first-order valence-electron chi connectivity index (χ1n) is 6.12. The molecular formula is C12H18FN5. The van der Waals surface area contributed by atoms with Gasteiger partial charge in [-0.25, -0.2) is 8.91 Å². The molecule has 0 atom stereocenters. The van der Waals surface area contributed by atoms with Crippen molar-refractivity contribution in [2.75, 3.05) is 11.9 Å². The minimum Gasteiger partial charge on any atom is -0.346 e. The molecule has 2 heterocycles. The summed E-state index contributed by atoms with van der Waals surface area (Å²) in [5, 5.41) is 7.46. The van der Waals surface area contributed by atoms with Crippen LogP contribution in [0.5, 0.6) is 0 Å². The smallest absolute Gasteiger partial charge is 0.243 e. The van der Waals surface area contributed by atoms with Crippen LogP contribution in [0.2, 0.25) is 0 Å². The molecule has 0 aliphatic carbocycles. The maximum atomic E-state index is 13.1. The molecule has 0 saturated heterocycles. The summed E-state index contributed by atoms with van der Waals surface area (Å²) in [5.74, 6) is 0.143. The van der Waals surface area contributed by atoms with Gasteiger partial charge in [-0.1, -0.05) is 13.8 Å². The number of fused-ring (bicyclic) bond motifs is 1. The number of halogens is 1. The first kappa shape index (κ1) is 12.8. The van der Waals surface area contributed by atoms with Gasteiger partial charge in [-0.15, -0.1) is 5.10 Å². The molecule has 0 aromatic carbocycles. The minimum absolute atomic E-state index is 0.205. The number of pyridine rings is 1. The molecule has 0 aliphatic rings. The van der Waals surface area contributed by atoms with Gasteiger partial charge in [-0.3, -0.25) is 0 Å². The number of aromatic nitrogens is 3. The van der Waals surface area contributed by atoms with Gasteiger partial charge in [0.15, 0.2) is 5.65 Å². The van der Waals surface area contributed by atoms with Crippen molar-refractivity contribution >= 4 is 11.6 Å². The molecule has 0 unspecified atom stereocenters. The lowest BCUT2D eigenvalue weighted by molar-refractivity contribution is 0.442. The van der Waals surface area contributed by atoms with Crippen molar-refractivity contribution in [3.8, 4) is 0 Å². The zero-order valence-corrected chi connectivity index (χ0v) is 10.7. The zero-order chi connectivity index (χ0) is 13.2. The Labute approximate surface area is 105 Å². The third kappa shape index (κ3) is 2.28. The Kier molecular flexibility index (Phi) is 3.47. The fraction of sp³-hybridized carbons (Fsp3) is 0.500. The van der Waals surface area contributed by atoms with Crippen molar-refractivity contribution in [1.82, 2.24) is 14.6 Å². The van der Waals surface area contributed by atoms with Crippen molar-refractivity contribution in [3.05, 3.63) is 24.1 Å². The molecule has 6 heteroatoms. The van der Waals surface area contributed by atoms with Gasteiger partial charge < -0.3 is 11.1 Å². The molecule has 98 valence electrons. The van der Waals surface area contributed by atoms with Crippen molar-refractivity contribution in [1.29, 1.82) is 0 Å². The number of rotatable bonds is 5. The van der Waals surface area contributed by atoms with E-state index in [1.807, 2.05) is 0 Å². The number of hydrogen-bond acceptors (Lipinski definition) is 4. The third-order valence-electron chi connectivity index (χ3n) is 3.42. The summed E-state index contributed by atoms with van der Waals surface area (Å²) in [7, 11) is 0. The van der Waals surface area contributed by atoms with Crippen LogP contribution in [0.4, 0.5) is 10.3 Å². The van der Waals surface area contributed by atoms with E-state index < -0.39 is 0 Å². The molecule has 5 nitrogen and oxygen atoms in total. The minimum atomic E-state index is -0.338. The van der Waals surface area contributed by atoms with E-state index in [0.29, 0.717) is 18.1 Å². The second-order valence-corrected chi connectivity index (χ2v) is 4.40. The van der Waals surface area contributed by atoms with Crippen LogP contribution < -0.4 is 11.1 Å². The van der Waals surface area contributed by atoms with E-state index >= 15 is 0 Å². The monoisotopic (exact) mass is 251 g/mol. The summed E-state index contributed by atoms with van der Waals surface area (Å²) in [5.41, 5.74) is 6.21. The average Bonchev–Trinajstić information content (AvgIpc) is 2.77. The van der Waals surface area contributed by atoms with Crippen LogP contribution in [0.15, 0.2) is 18.3 Å². The number of anilines is 1. The number of nitrogens with one attached hydrogen (secondary N) is 1. The Morgan fingerprint density at radius 3 is 2.72 bits per heavy atom. The van der Waals surface area contributed by atoms with E-state index in [9.17, 15) is 4.39 Å². The van der Waals surface area contributed by atoms with Crippen molar-refractivity contribution in [2.24, 2.45) is 5.73 Å². The van der Waals surface area contributed by atoms with E-state index in [0.717, 1.165) is 12.8 Å². The molecule has 0 amide bonds. The summed E-state index contributed by atoms with van der Waals surface area (Å²) in [6, 6.07) is 2.96. The molecule has 2 rings (SSSR count). The third-order valence-corrected chi connectivity index (χ3v) is 3.42. The number of nitrogens with zero attached hydrogens (tertiary/aromatic N) is 3. The highest BCUT2D eigenvalue weighted by Gasteiger charge is 2.25. The van der Waals surface area contributed by atoms with Gasteiger partial charge in [-0.05, 0) is 25.0 Å². The second kappa shape index (κ2) is 4.89. The fourth-order valence-electron chi connectivity index (χ4n) is 1.91. The lowest BCUT2D eigenvalue weighted by Gasteiger charge is -2.30. The Morgan fingerprint density at radius 1 is 1.39 bits per heavy atom. The van der Waals surface area contributed by atoms with Gasteiger partial charge in [0.05, 0.1) is 11.7 Å². The second-order valence-electron chi connectivity index (χ2n) is 4.40. The summed E-state index contributed by atoms with van der Waals surface area (Å²) in [4.78, 5) is 4.30. The predicted molar refractivity (Wildman–Crippen MR) is 68.9 cm³/mol. The normalized spacial score (nSPS) is 12.0. The van der Waals surface area contributed by atoms with E-state index in [-0.39, 0.29) is 11.4 Å². The van der Waals surface area contributed by atoms with Crippen LogP contribution in [-0.4, -0.2) is 26.7 Å². The number of nitrogens with two attached hydrogens (primary N) is 1. The molecular weight excluding hydrogens is 233 g/mol. The van der Waals surface area contributed by atoms with Gasteiger partial charge in [0.2, 0.25) is 5.95 Å². The van der Waals surface area contributed by atoms with Gasteiger partial charge in [-0.2, -0.15) is 4.98 Å². The van der Waals surface area contributed by atoms with E-state index in [4.69, 9.17) is 5.73 Å². The lowest BCUT2D eigenvalue weighted by atomic mass is 9.93. The molecule has 18 heavy (non-hydrogen) atoms. The quantitative estimate of drug-likeness (QED) is 0.850. The van der Waals surface area contributed by atoms with Crippen molar-refractivity contribution in [2.45, 2.75) is 32.2 Å². The predicted octanol–water partition coefficient (Wildman–Crippen LogP) is 1.80. The summed E-state index contributed by atoms with van der Waals surface area (Å²) in [6.45, 7) is 4.64. The first-order valence-corrected chi connectivity index (χ1v) is 6.12. The van der Waals surface area contributed by atoms with Crippen LogP contribution in [0.3, 0.4) is 0 Å². The fourth-order valence-corrected chi connectivity index (χ4v) is 1.91. The van der Waals surface area contributed by atoms with Gasteiger partial charge in [0, 0.05) is 6.54 Å². The maximum absolute atomic E-state index is 13.1. The highest BCUT2D eigenvalue weighted by atomic mass is 19.1. The number of hydrogen-bond donors (Lipinski definition) is 2. The topological polar surface area (TPSA) is 68.2 Å². The highest BCUT2D eigenvalue weighted by Crippen LogP contribution is 2.19. The van der Waals surface area contributed by atoms with E-state index in [1.54, 1.807) is 6.07 Å². The van der Waals surface area contributed by atoms with Crippen LogP contribution in [0, 0.1) is 5.82 Å². The summed E-state index contributed by atoms with van der Waals surface area (Å²) >= 11 is 0. The molecule has 0 fully saturated rings. The average molecular weight is 251 g/mol.